The molecule has 6 rings (SSSR count). The van der Waals surface area contributed by atoms with Crippen molar-refractivity contribution in [2.75, 3.05) is 12.4 Å². The summed E-state index contributed by atoms with van der Waals surface area (Å²) in [5.74, 6) is 2.00. The lowest BCUT2D eigenvalue weighted by Crippen LogP contribution is -2.11. The van der Waals surface area contributed by atoms with Crippen LogP contribution in [0.3, 0.4) is 0 Å². The average molecular weight is 465 g/mol. The van der Waals surface area contributed by atoms with Gasteiger partial charge in [0.1, 0.15) is 23.3 Å². The minimum atomic E-state index is -0.374. The normalized spacial score (nSPS) is 11.3. The topological polar surface area (TPSA) is 119 Å². The summed E-state index contributed by atoms with van der Waals surface area (Å²) in [6, 6.07) is 20.4. The van der Waals surface area contributed by atoms with Gasteiger partial charge in [0.05, 0.1) is 12.1 Å². The van der Waals surface area contributed by atoms with Gasteiger partial charge in [-0.05, 0) is 25.2 Å². The molecule has 4 aromatic heterocycles. The van der Waals surface area contributed by atoms with Gasteiger partial charge in [-0.2, -0.15) is 0 Å². The Labute approximate surface area is 198 Å². The standard InChI is InChI=1S/C26H19N5O4/c1-27-13-22-28-24(31-25(29-22)21-10-15-6-2-4-8-18(15)34-21)20-11-17(14-33-20)26(32)30-23-12-16-7-3-5-9-19(16)35-23/h2-12,14,27H,13H2,1H3,(H,30,32). The van der Waals surface area contributed by atoms with Gasteiger partial charge in [-0.1, -0.05) is 36.4 Å². The highest BCUT2D eigenvalue weighted by Gasteiger charge is 2.18. The van der Waals surface area contributed by atoms with Gasteiger partial charge in [-0.25, -0.2) is 15.0 Å². The van der Waals surface area contributed by atoms with Crippen molar-refractivity contribution < 1.29 is 18.0 Å². The Balaban J connectivity index is 1.31. The maximum absolute atomic E-state index is 12.8. The first-order chi connectivity index (χ1) is 17.2. The van der Waals surface area contributed by atoms with Crippen molar-refractivity contribution in [2.45, 2.75) is 6.54 Å². The molecule has 6 aromatic rings. The van der Waals surface area contributed by atoms with Crippen LogP contribution in [0, 0.1) is 0 Å². The molecule has 9 nitrogen and oxygen atoms in total. The second-order valence-electron chi connectivity index (χ2n) is 7.88. The highest BCUT2D eigenvalue weighted by atomic mass is 16.4. The number of para-hydroxylation sites is 2. The SMILES string of the molecule is CNCc1nc(-c2cc(C(=O)Nc3cc4ccccc4o3)co2)nc(-c2cc3ccccc3o2)n1. The summed E-state index contributed by atoms with van der Waals surface area (Å²) in [5.41, 5.74) is 1.74. The van der Waals surface area contributed by atoms with Gasteiger partial charge in [0.2, 0.25) is 5.88 Å². The predicted octanol–water partition coefficient (Wildman–Crippen LogP) is 5.26. The number of nitrogens with zero attached hydrogens (tertiary/aromatic N) is 3. The zero-order chi connectivity index (χ0) is 23.8. The van der Waals surface area contributed by atoms with E-state index in [9.17, 15) is 4.79 Å². The Kier molecular flexibility index (Phi) is 5.08. The lowest BCUT2D eigenvalue weighted by Gasteiger charge is -2.04. The third-order valence-electron chi connectivity index (χ3n) is 5.41. The molecule has 0 spiro atoms. The monoisotopic (exact) mass is 465 g/mol. The quantitative estimate of drug-likeness (QED) is 0.342. The third-order valence-corrected chi connectivity index (χ3v) is 5.41. The largest absolute Gasteiger partial charge is 0.460 e. The number of carbonyl (C=O) groups is 1. The van der Waals surface area contributed by atoms with Crippen LogP contribution in [0.25, 0.3) is 45.1 Å². The van der Waals surface area contributed by atoms with E-state index in [1.165, 1.54) is 6.26 Å². The Morgan fingerprint density at radius 3 is 2.23 bits per heavy atom. The minimum absolute atomic E-state index is 0.295. The first-order valence-electron chi connectivity index (χ1n) is 10.9. The fraction of sp³-hybridized carbons (Fsp3) is 0.0769. The molecule has 0 atom stereocenters. The van der Waals surface area contributed by atoms with Crippen molar-refractivity contribution in [1.29, 1.82) is 0 Å². The van der Waals surface area contributed by atoms with Gasteiger partial charge in [0, 0.05) is 22.9 Å². The zero-order valence-corrected chi connectivity index (χ0v) is 18.6. The summed E-state index contributed by atoms with van der Waals surface area (Å²) in [6.07, 6.45) is 1.36. The number of rotatable bonds is 6. The van der Waals surface area contributed by atoms with Gasteiger partial charge >= 0.3 is 0 Å². The van der Waals surface area contributed by atoms with E-state index in [1.54, 1.807) is 19.2 Å². The molecular formula is C26H19N5O4. The average Bonchev–Trinajstić information content (AvgIpc) is 3.61. The van der Waals surface area contributed by atoms with E-state index in [-0.39, 0.29) is 5.91 Å². The number of anilines is 1. The number of hydrogen-bond acceptors (Lipinski definition) is 8. The van der Waals surface area contributed by atoms with Gasteiger partial charge in [-0.3, -0.25) is 10.1 Å². The molecule has 9 heteroatoms. The van der Waals surface area contributed by atoms with Crippen LogP contribution in [0.2, 0.25) is 0 Å². The van der Waals surface area contributed by atoms with E-state index in [1.807, 2.05) is 54.6 Å². The lowest BCUT2D eigenvalue weighted by atomic mass is 10.2. The number of aromatic nitrogens is 3. The van der Waals surface area contributed by atoms with E-state index in [0.29, 0.717) is 52.6 Å². The molecule has 1 amide bonds. The van der Waals surface area contributed by atoms with Crippen LogP contribution >= 0.6 is 0 Å². The van der Waals surface area contributed by atoms with E-state index in [2.05, 4.69) is 25.6 Å². The van der Waals surface area contributed by atoms with Gasteiger partial charge < -0.3 is 18.6 Å². The van der Waals surface area contributed by atoms with E-state index in [0.717, 1.165) is 16.4 Å². The molecule has 0 fully saturated rings. The first-order valence-corrected chi connectivity index (χ1v) is 10.9. The zero-order valence-electron chi connectivity index (χ0n) is 18.6. The molecule has 0 bridgehead atoms. The smallest absolute Gasteiger partial charge is 0.261 e. The molecular weight excluding hydrogens is 446 g/mol. The number of nitrogens with one attached hydrogen (secondary N) is 2. The Hall–Kier alpha value is -4.76. The third kappa shape index (κ3) is 4.04. The number of furan rings is 3. The lowest BCUT2D eigenvalue weighted by molar-refractivity contribution is 0.102. The molecule has 4 heterocycles. The van der Waals surface area contributed by atoms with Gasteiger partial charge in [-0.15, -0.1) is 0 Å². The summed E-state index contributed by atoms with van der Waals surface area (Å²) < 4.78 is 17.3. The van der Waals surface area contributed by atoms with Crippen LogP contribution < -0.4 is 10.6 Å². The van der Waals surface area contributed by atoms with Gasteiger partial charge in [0.25, 0.3) is 5.91 Å². The number of carbonyl (C=O) groups excluding carboxylic acids is 1. The molecule has 0 saturated carbocycles. The predicted molar refractivity (Wildman–Crippen MR) is 130 cm³/mol. The van der Waals surface area contributed by atoms with Crippen LogP contribution in [0.4, 0.5) is 5.88 Å². The van der Waals surface area contributed by atoms with Crippen molar-refractivity contribution in [2.24, 2.45) is 0 Å². The molecule has 0 unspecified atom stereocenters. The molecule has 0 aliphatic rings. The Morgan fingerprint density at radius 2 is 1.51 bits per heavy atom. The number of hydrogen-bond donors (Lipinski definition) is 2. The molecule has 0 radical (unpaired) electrons. The number of amides is 1. The summed E-state index contributed by atoms with van der Waals surface area (Å²) in [7, 11) is 1.80. The second-order valence-corrected chi connectivity index (χ2v) is 7.88. The molecule has 2 aromatic carbocycles. The van der Waals surface area contributed by atoms with Crippen LogP contribution in [-0.4, -0.2) is 27.9 Å². The van der Waals surface area contributed by atoms with Crippen LogP contribution in [0.1, 0.15) is 16.2 Å². The highest BCUT2D eigenvalue weighted by molar-refractivity contribution is 6.04. The van der Waals surface area contributed by atoms with E-state index < -0.39 is 0 Å². The first kappa shape index (κ1) is 20.8. The Bertz CT molecular complexity index is 1610. The molecule has 0 aliphatic carbocycles. The maximum atomic E-state index is 12.8. The summed E-state index contributed by atoms with van der Waals surface area (Å²) in [6.45, 7) is 0.419. The van der Waals surface area contributed by atoms with Crippen molar-refractivity contribution in [3.8, 4) is 23.2 Å². The van der Waals surface area contributed by atoms with Crippen molar-refractivity contribution in [3.05, 3.63) is 84.4 Å². The molecule has 2 N–H and O–H groups in total. The maximum Gasteiger partial charge on any atom is 0.261 e. The number of benzene rings is 2. The van der Waals surface area contributed by atoms with E-state index in [4.69, 9.17) is 13.3 Å². The second kappa shape index (κ2) is 8.54. The van der Waals surface area contributed by atoms with Crippen LogP contribution in [0.15, 0.2) is 86.2 Å². The van der Waals surface area contributed by atoms with Crippen molar-refractivity contribution >= 4 is 33.7 Å². The van der Waals surface area contributed by atoms with Crippen LogP contribution in [0.5, 0.6) is 0 Å². The van der Waals surface area contributed by atoms with Crippen LogP contribution in [-0.2, 0) is 6.54 Å². The van der Waals surface area contributed by atoms with Gasteiger partial charge in [0.15, 0.2) is 23.2 Å². The number of fused-ring (bicyclic) bond motifs is 2. The molecule has 35 heavy (non-hydrogen) atoms. The minimum Gasteiger partial charge on any atom is -0.460 e. The van der Waals surface area contributed by atoms with Crippen molar-refractivity contribution in [1.82, 2.24) is 20.3 Å². The summed E-state index contributed by atoms with van der Waals surface area (Å²) in [4.78, 5) is 26.3. The summed E-state index contributed by atoms with van der Waals surface area (Å²) in [5, 5.41) is 7.64. The highest BCUT2D eigenvalue weighted by Crippen LogP contribution is 2.28. The fourth-order valence-electron chi connectivity index (χ4n) is 3.77. The fourth-order valence-corrected chi connectivity index (χ4v) is 3.77. The molecule has 172 valence electrons. The van der Waals surface area contributed by atoms with Crippen molar-refractivity contribution in [3.63, 3.8) is 0 Å². The molecule has 0 aliphatic heterocycles. The van der Waals surface area contributed by atoms with E-state index >= 15 is 0 Å². The Morgan fingerprint density at radius 1 is 0.829 bits per heavy atom. The summed E-state index contributed by atoms with van der Waals surface area (Å²) >= 11 is 0. The molecule has 0 saturated heterocycles.